The third kappa shape index (κ3) is 2.80. The van der Waals surface area contributed by atoms with Gasteiger partial charge in [-0.3, -0.25) is 9.59 Å². The van der Waals surface area contributed by atoms with Gasteiger partial charge in [0.1, 0.15) is 11.6 Å². The van der Waals surface area contributed by atoms with Crippen molar-refractivity contribution in [2.45, 2.75) is 59.2 Å². The number of nitrogens with one attached hydrogen (secondary N) is 1. The highest BCUT2D eigenvalue weighted by Gasteiger charge is 2.45. The van der Waals surface area contributed by atoms with E-state index in [-0.39, 0.29) is 11.8 Å². The molecule has 1 aliphatic heterocycles. The molecule has 4 nitrogen and oxygen atoms in total. The predicted octanol–water partition coefficient (Wildman–Crippen LogP) is 2.32. The smallest absolute Gasteiger partial charge is 0.246 e. The van der Waals surface area contributed by atoms with E-state index in [4.69, 9.17) is 0 Å². The molecule has 2 rings (SSSR count). The van der Waals surface area contributed by atoms with Crippen LogP contribution in [0.1, 0.15) is 43.9 Å². The first kappa shape index (κ1) is 15.5. The van der Waals surface area contributed by atoms with Crippen LogP contribution in [0.3, 0.4) is 0 Å². The van der Waals surface area contributed by atoms with Crippen LogP contribution in [0.2, 0.25) is 0 Å². The fourth-order valence-corrected chi connectivity index (χ4v) is 2.68. The molecule has 1 saturated heterocycles. The van der Waals surface area contributed by atoms with E-state index in [0.717, 1.165) is 16.7 Å². The molecule has 0 radical (unpaired) electrons. The Morgan fingerprint density at radius 2 is 1.90 bits per heavy atom. The van der Waals surface area contributed by atoms with E-state index in [1.807, 2.05) is 20.8 Å². The number of benzene rings is 1. The minimum absolute atomic E-state index is 0.00278. The summed E-state index contributed by atoms with van der Waals surface area (Å²) < 4.78 is 0. The van der Waals surface area contributed by atoms with E-state index in [1.165, 1.54) is 0 Å². The Labute approximate surface area is 126 Å². The third-order valence-corrected chi connectivity index (χ3v) is 4.34. The average Bonchev–Trinajstić information content (AvgIpc) is 2.43. The summed E-state index contributed by atoms with van der Waals surface area (Å²) in [5.41, 5.74) is 2.58. The molecule has 2 amide bonds. The van der Waals surface area contributed by atoms with Crippen molar-refractivity contribution in [3.63, 3.8) is 0 Å². The van der Waals surface area contributed by atoms with Gasteiger partial charge in [-0.25, -0.2) is 0 Å². The van der Waals surface area contributed by atoms with Gasteiger partial charge in [0, 0.05) is 6.54 Å². The van der Waals surface area contributed by atoms with Crippen molar-refractivity contribution in [3.8, 4) is 0 Å². The van der Waals surface area contributed by atoms with Crippen LogP contribution in [-0.4, -0.2) is 28.3 Å². The Morgan fingerprint density at radius 3 is 2.52 bits per heavy atom. The molecule has 1 N–H and O–H groups in total. The molecule has 1 aromatic carbocycles. The summed E-state index contributed by atoms with van der Waals surface area (Å²) >= 11 is 0. The van der Waals surface area contributed by atoms with Crippen molar-refractivity contribution in [1.82, 2.24) is 10.2 Å². The molecule has 1 heterocycles. The number of piperazine rings is 1. The summed E-state index contributed by atoms with van der Waals surface area (Å²) in [6, 6.07) is 5.80. The fraction of sp³-hybridized carbons (Fsp3) is 0.529. The first-order valence-corrected chi connectivity index (χ1v) is 7.46. The average molecular weight is 288 g/mol. The molecule has 21 heavy (non-hydrogen) atoms. The predicted molar refractivity (Wildman–Crippen MR) is 82.8 cm³/mol. The van der Waals surface area contributed by atoms with Crippen LogP contribution >= 0.6 is 0 Å². The van der Waals surface area contributed by atoms with Crippen molar-refractivity contribution >= 4 is 11.8 Å². The Morgan fingerprint density at radius 1 is 1.24 bits per heavy atom. The molecule has 1 fully saturated rings. The maximum absolute atomic E-state index is 12.6. The summed E-state index contributed by atoms with van der Waals surface area (Å²) in [5.74, 6) is -0.0812. The first-order chi connectivity index (χ1) is 9.77. The number of aryl methyl sites for hydroxylation is 2. The molecule has 4 heteroatoms. The van der Waals surface area contributed by atoms with Crippen LogP contribution < -0.4 is 5.32 Å². The van der Waals surface area contributed by atoms with Gasteiger partial charge in [-0.1, -0.05) is 30.7 Å². The van der Waals surface area contributed by atoms with Crippen LogP contribution in [-0.2, 0) is 16.1 Å². The Kier molecular flexibility index (Phi) is 4.08. The molecule has 0 aromatic heterocycles. The highest BCUT2D eigenvalue weighted by molar-refractivity contribution is 5.99. The monoisotopic (exact) mass is 288 g/mol. The number of amides is 2. The van der Waals surface area contributed by atoms with E-state index in [2.05, 4.69) is 23.5 Å². The molecule has 0 saturated carbocycles. The summed E-state index contributed by atoms with van der Waals surface area (Å²) in [4.78, 5) is 26.6. The molecule has 1 atom stereocenters. The van der Waals surface area contributed by atoms with E-state index < -0.39 is 11.6 Å². The zero-order valence-corrected chi connectivity index (χ0v) is 13.5. The zero-order valence-electron chi connectivity index (χ0n) is 13.5. The summed E-state index contributed by atoms with van der Waals surface area (Å²) in [6.07, 6.45) is 0.615. The van der Waals surface area contributed by atoms with Crippen molar-refractivity contribution in [3.05, 3.63) is 34.9 Å². The van der Waals surface area contributed by atoms with E-state index in [1.54, 1.807) is 18.7 Å². The largest absolute Gasteiger partial charge is 0.342 e. The summed E-state index contributed by atoms with van der Waals surface area (Å²) in [6.45, 7) is 10.1. The Bertz CT molecular complexity index is 578. The molecular weight excluding hydrogens is 264 g/mol. The van der Waals surface area contributed by atoms with Gasteiger partial charge in [0.05, 0.1) is 0 Å². The molecule has 1 aromatic rings. The second kappa shape index (κ2) is 5.51. The van der Waals surface area contributed by atoms with Crippen LogP contribution in [0.4, 0.5) is 0 Å². The van der Waals surface area contributed by atoms with Crippen molar-refractivity contribution in [1.29, 1.82) is 0 Å². The van der Waals surface area contributed by atoms with Gasteiger partial charge in [-0.15, -0.1) is 0 Å². The topological polar surface area (TPSA) is 49.4 Å². The molecule has 0 bridgehead atoms. The summed E-state index contributed by atoms with van der Waals surface area (Å²) in [7, 11) is 0. The lowest BCUT2D eigenvalue weighted by atomic mass is 9.93. The lowest BCUT2D eigenvalue weighted by Crippen LogP contribution is -2.67. The van der Waals surface area contributed by atoms with E-state index in [0.29, 0.717) is 13.0 Å². The molecular formula is C17H24N2O2. The first-order valence-electron chi connectivity index (χ1n) is 7.46. The summed E-state index contributed by atoms with van der Waals surface area (Å²) in [5, 5.41) is 2.82. The minimum atomic E-state index is -0.820. The molecule has 0 spiro atoms. The third-order valence-electron chi connectivity index (χ3n) is 4.34. The maximum Gasteiger partial charge on any atom is 0.246 e. The van der Waals surface area contributed by atoms with Crippen molar-refractivity contribution in [2.24, 2.45) is 0 Å². The van der Waals surface area contributed by atoms with Gasteiger partial charge in [0.15, 0.2) is 0 Å². The SMILES string of the molecule is CCC1NC(=O)C(C)(C)N(Cc2cc(C)ccc2C)C1=O. The molecule has 1 aliphatic rings. The lowest BCUT2D eigenvalue weighted by Gasteiger charge is -2.44. The second-order valence-electron chi connectivity index (χ2n) is 6.35. The minimum Gasteiger partial charge on any atom is -0.342 e. The number of hydrogen-bond donors (Lipinski definition) is 1. The Balaban J connectivity index is 2.36. The molecule has 1 unspecified atom stereocenters. The molecule has 0 aliphatic carbocycles. The molecule has 114 valence electrons. The number of rotatable bonds is 3. The van der Waals surface area contributed by atoms with Crippen LogP contribution in [0.15, 0.2) is 18.2 Å². The lowest BCUT2D eigenvalue weighted by molar-refractivity contribution is -0.156. The van der Waals surface area contributed by atoms with Crippen LogP contribution in [0, 0.1) is 13.8 Å². The van der Waals surface area contributed by atoms with Gasteiger partial charge >= 0.3 is 0 Å². The van der Waals surface area contributed by atoms with E-state index >= 15 is 0 Å². The van der Waals surface area contributed by atoms with Gasteiger partial charge < -0.3 is 10.2 Å². The van der Waals surface area contributed by atoms with Gasteiger partial charge in [0.25, 0.3) is 0 Å². The number of carbonyl (C=O) groups is 2. The number of nitrogens with zero attached hydrogens (tertiary/aromatic N) is 1. The highest BCUT2D eigenvalue weighted by atomic mass is 16.2. The van der Waals surface area contributed by atoms with Gasteiger partial charge in [-0.2, -0.15) is 0 Å². The normalized spacial score (nSPS) is 21.4. The maximum atomic E-state index is 12.6. The number of hydrogen-bond acceptors (Lipinski definition) is 2. The van der Waals surface area contributed by atoms with Crippen molar-refractivity contribution < 1.29 is 9.59 Å². The zero-order chi connectivity index (χ0) is 15.8. The fourth-order valence-electron chi connectivity index (χ4n) is 2.68. The standard InChI is InChI=1S/C17H24N2O2/c1-6-14-15(20)19(17(4,5)16(21)18-14)10-13-9-11(2)7-8-12(13)3/h7-9,14H,6,10H2,1-5H3,(H,18,21). The van der Waals surface area contributed by atoms with Crippen molar-refractivity contribution in [2.75, 3.05) is 0 Å². The quantitative estimate of drug-likeness (QED) is 0.928. The number of carbonyl (C=O) groups excluding carboxylic acids is 2. The second-order valence-corrected chi connectivity index (χ2v) is 6.35. The van der Waals surface area contributed by atoms with Crippen LogP contribution in [0.5, 0.6) is 0 Å². The van der Waals surface area contributed by atoms with E-state index in [9.17, 15) is 9.59 Å². The highest BCUT2D eigenvalue weighted by Crippen LogP contribution is 2.25. The van der Waals surface area contributed by atoms with Gasteiger partial charge in [0.2, 0.25) is 11.8 Å². The Hall–Kier alpha value is -1.84. The van der Waals surface area contributed by atoms with Gasteiger partial charge in [-0.05, 0) is 45.2 Å². The van der Waals surface area contributed by atoms with Crippen LogP contribution in [0.25, 0.3) is 0 Å².